The normalized spacial score (nSPS) is 10.8. The Balaban J connectivity index is 1.96. The third-order valence-electron chi connectivity index (χ3n) is 2.30. The third kappa shape index (κ3) is 3.67. The van der Waals surface area contributed by atoms with E-state index in [1.165, 1.54) is 30.5 Å². The number of furan rings is 1. The average Bonchev–Trinajstić information content (AvgIpc) is 2.84. The van der Waals surface area contributed by atoms with Crippen molar-refractivity contribution in [3.63, 3.8) is 0 Å². The van der Waals surface area contributed by atoms with Crippen LogP contribution in [0.5, 0.6) is 0 Å². The van der Waals surface area contributed by atoms with Gasteiger partial charge in [0.25, 0.3) is 5.91 Å². The summed E-state index contributed by atoms with van der Waals surface area (Å²) in [5, 5.41) is 22.7. The standard InChI is InChI=1S/C12H9BrN3O4/c13-11-6-5-10(20-11)7-14-15-12(17)8-1-3-9(4-2-8)16(18)19/h1-7,18H,(H,15,17)/q-1. The lowest BCUT2D eigenvalue weighted by molar-refractivity contribution is 0.0955. The number of nitrogens with zero attached hydrogens (tertiary/aromatic N) is 2. The molecule has 0 radical (unpaired) electrons. The van der Waals surface area contributed by atoms with Gasteiger partial charge in [-0.05, 0) is 52.3 Å². The highest BCUT2D eigenvalue weighted by molar-refractivity contribution is 9.10. The van der Waals surface area contributed by atoms with Crippen molar-refractivity contribution >= 4 is 33.7 Å². The predicted octanol–water partition coefficient (Wildman–Crippen LogP) is 2.50. The van der Waals surface area contributed by atoms with Crippen LogP contribution < -0.4 is 10.7 Å². The maximum atomic E-state index is 11.7. The zero-order valence-electron chi connectivity index (χ0n) is 9.99. The van der Waals surface area contributed by atoms with Crippen molar-refractivity contribution in [3.8, 4) is 0 Å². The van der Waals surface area contributed by atoms with Crippen LogP contribution in [-0.2, 0) is 0 Å². The number of hydrogen-bond acceptors (Lipinski definition) is 6. The monoisotopic (exact) mass is 338 g/mol. The number of rotatable bonds is 4. The molecule has 0 spiro atoms. The molecular formula is C12H9BrN3O4-. The van der Waals surface area contributed by atoms with Crippen LogP contribution in [0.1, 0.15) is 16.1 Å². The molecule has 1 amide bonds. The fourth-order valence-corrected chi connectivity index (χ4v) is 1.68. The smallest absolute Gasteiger partial charge is 0.271 e. The summed E-state index contributed by atoms with van der Waals surface area (Å²) in [6.07, 6.45) is 1.35. The Bertz CT molecular complexity index is 622. The van der Waals surface area contributed by atoms with Gasteiger partial charge >= 0.3 is 0 Å². The van der Waals surface area contributed by atoms with Crippen molar-refractivity contribution in [1.82, 2.24) is 5.43 Å². The largest absolute Gasteiger partial charge is 0.733 e. The van der Waals surface area contributed by atoms with Crippen LogP contribution in [0, 0.1) is 5.21 Å². The first-order valence-electron chi connectivity index (χ1n) is 5.41. The predicted molar refractivity (Wildman–Crippen MR) is 75.5 cm³/mol. The Morgan fingerprint density at radius 3 is 2.60 bits per heavy atom. The van der Waals surface area contributed by atoms with Crippen LogP contribution >= 0.6 is 15.9 Å². The van der Waals surface area contributed by atoms with Crippen molar-refractivity contribution in [2.45, 2.75) is 0 Å². The number of amides is 1. The van der Waals surface area contributed by atoms with Crippen LogP contribution in [0.2, 0.25) is 0 Å². The molecule has 0 aliphatic rings. The number of nitrogens with one attached hydrogen (secondary N) is 1. The van der Waals surface area contributed by atoms with Gasteiger partial charge < -0.3 is 14.9 Å². The summed E-state index contributed by atoms with van der Waals surface area (Å²) in [4.78, 5) is 11.7. The summed E-state index contributed by atoms with van der Waals surface area (Å²) < 4.78 is 5.72. The van der Waals surface area contributed by atoms with E-state index in [2.05, 4.69) is 26.5 Å². The summed E-state index contributed by atoms with van der Waals surface area (Å²) in [6.45, 7) is 0. The van der Waals surface area contributed by atoms with E-state index in [4.69, 9.17) is 9.62 Å². The number of hydrogen-bond donors (Lipinski definition) is 2. The lowest BCUT2D eigenvalue weighted by Crippen LogP contribution is -2.17. The summed E-state index contributed by atoms with van der Waals surface area (Å²) in [7, 11) is 0. The van der Waals surface area contributed by atoms with Crippen molar-refractivity contribution in [2.75, 3.05) is 5.23 Å². The molecule has 0 unspecified atom stereocenters. The Morgan fingerprint density at radius 2 is 2.05 bits per heavy atom. The van der Waals surface area contributed by atoms with Gasteiger partial charge in [0.1, 0.15) is 5.76 Å². The first-order chi connectivity index (χ1) is 9.56. The quantitative estimate of drug-likeness (QED) is 0.658. The van der Waals surface area contributed by atoms with E-state index in [9.17, 15) is 10.0 Å². The zero-order valence-corrected chi connectivity index (χ0v) is 11.6. The molecule has 8 heteroatoms. The van der Waals surface area contributed by atoms with E-state index in [-0.39, 0.29) is 10.9 Å². The van der Waals surface area contributed by atoms with Gasteiger partial charge in [-0.2, -0.15) is 5.10 Å². The molecule has 2 aromatic rings. The van der Waals surface area contributed by atoms with Gasteiger partial charge in [-0.25, -0.2) is 5.43 Å². The molecule has 0 saturated heterocycles. The molecule has 0 bridgehead atoms. The molecule has 1 heterocycles. The van der Waals surface area contributed by atoms with E-state index in [0.29, 0.717) is 16.0 Å². The van der Waals surface area contributed by atoms with E-state index >= 15 is 0 Å². The van der Waals surface area contributed by atoms with Gasteiger partial charge in [0.15, 0.2) is 4.67 Å². The van der Waals surface area contributed by atoms with Gasteiger partial charge in [-0.3, -0.25) is 10.0 Å². The Kier molecular flexibility index (Phi) is 4.51. The maximum absolute atomic E-state index is 11.7. The van der Waals surface area contributed by atoms with Crippen LogP contribution in [0.3, 0.4) is 0 Å². The molecule has 0 fully saturated rings. The Hall–Kier alpha value is -2.16. The van der Waals surface area contributed by atoms with Crippen LogP contribution in [0.4, 0.5) is 5.69 Å². The molecule has 1 aromatic heterocycles. The summed E-state index contributed by atoms with van der Waals surface area (Å²) in [5.74, 6) is 0.0311. The van der Waals surface area contributed by atoms with Crippen molar-refractivity contribution in [3.05, 3.63) is 57.6 Å². The van der Waals surface area contributed by atoms with Crippen LogP contribution in [0.25, 0.3) is 0 Å². The molecular weight excluding hydrogens is 330 g/mol. The fraction of sp³-hybridized carbons (Fsp3) is 0. The molecule has 0 saturated carbocycles. The van der Waals surface area contributed by atoms with Gasteiger partial charge in [0, 0.05) is 5.56 Å². The number of carbonyl (C=O) groups excluding carboxylic acids is 1. The Morgan fingerprint density at radius 1 is 1.35 bits per heavy atom. The number of anilines is 1. The molecule has 7 nitrogen and oxygen atoms in total. The van der Waals surface area contributed by atoms with Crippen molar-refractivity contribution in [1.29, 1.82) is 0 Å². The number of benzene rings is 1. The first-order valence-corrected chi connectivity index (χ1v) is 6.20. The summed E-state index contributed by atoms with van der Waals surface area (Å²) in [5.41, 5.74) is 2.64. The van der Waals surface area contributed by atoms with E-state index in [0.717, 1.165) is 0 Å². The number of carbonyl (C=O) groups is 1. The van der Waals surface area contributed by atoms with E-state index in [1.54, 1.807) is 12.1 Å². The van der Waals surface area contributed by atoms with Gasteiger partial charge in [0.05, 0.1) is 11.9 Å². The van der Waals surface area contributed by atoms with Crippen LogP contribution in [0.15, 0.2) is 50.6 Å². The zero-order chi connectivity index (χ0) is 14.5. The SMILES string of the molecule is O=C(NN=Cc1ccc(Br)o1)c1ccc(N([O-])O)cc1. The molecule has 2 rings (SSSR count). The minimum absolute atomic E-state index is 0.0329. The second-order valence-corrected chi connectivity index (χ2v) is 4.44. The minimum Gasteiger partial charge on any atom is -0.733 e. The lowest BCUT2D eigenvalue weighted by atomic mass is 10.2. The third-order valence-corrected chi connectivity index (χ3v) is 2.73. The molecule has 20 heavy (non-hydrogen) atoms. The topological polar surface area (TPSA) is 101 Å². The number of halogens is 1. The Labute approximate surface area is 122 Å². The first kappa shape index (κ1) is 14.3. The highest BCUT2D eigenvalue weighted by atomic mass is 79.9. The molecule has 0 aliphatic heterocycles. The molecule has 1 aromatic carbocycles. The van der Waals surface area contributed by atoms with Gasteiger partial charge in [-0.1, -0.05) is 0 Å². The second-order valence-electron chi connectivity index (χ2n) is 3.66. The van der Waals surface area contributed by atoms with Gasteiger partial charge in [-0.15, -0.1) is 0 Å². The van der Waals surface area contributed by atoms with Gasteiger partial charge in [0.2, 0.25) is 0 Å². The van der Waals surface area contributed by atoms with Crippen molar-refractivity contribution in [2.24, 2.45) is 5.10 Å². The van der Waals surface area contributed by atoms with E-state index < -0.39 is 5.91 Å². The molecule has 2 N–H and O–H groups in total. The highest BCUT2D eigenvalue weighted by Gasteiger charge is 2.04. The van der Waals surface area contributed by atoms with Crippen molar-refractivity contribution < 1.29 is 14.4 Å². The molecule has 104 valence electrons. The fourth-order valence-electron chi connectivity index (χ4n) is 1.36. The molecule has 0 aliphatic carbocycles. The molecule has 0 atom stereocenters. The lowest BCUT2D eigenvalue weighted by Gasteiger charge is -2.21. The van der Waals surface area contributed by atoms with E-state index in [1.807, 2.05) is 0 Å². The maximum Gasteiger partial charge on any atom is 0.271 e. The summed E-state index contributed by atoms with van der Waals surface area (Å²) >= 11 is 3.14. The second kappa shape index (κ2) is 6.33. The number of hydrazone groups is 1. The highest BCUT2D eigenvalue weighted by Crippen LogP contribution is 2.13. The van der Waals surface area contributed by atoms with Crippen LogP contribution in [-0.4, -0.2) is 17.3 Å². The minimum atomic E-state index is -0.450. The average molecular weight is 339 g/mol. The summed E-state index contributed by atoms with van der Waals surface area (Å²) in [6, 6.07) is 8.80.